The van der Waals surface area contributed by atoms with Crippen molar-refractivity contribution in [3.63, 3.8) is 0 Å². The zero-order valence-corrected chi connectivity index (χ0v) is 37.5. The van der Waals surface area contributed by atoms with Gasteiger partial charge in [0, 0.05) is 12.2 Å². The fourth-order valence-corrected chi connectivity index (χ4v) is 6.80. The van der Waals surface area contributed by atoms with Crippen LogP contribution in [-0.2, 0) is 28.6 Å². The van der Waals surface area contributed by atoms with Crippen LogP contribution in [0.2, 0.25) is 0 Å². The first-order chi connectivity index (χ1) is 33.2. The third-order valence-corrected chi connectivity index (χ3v) is 10.6. The summed E-state index contributed by atoms with van der Waals surface area (Å²) >= 11 is 0. The Kier molecular flexibility index (Phi) is 18.0. The number of anilines is 1. The number of ether oxygens (including phenoxy) is 5. The fourth-order valence-electron chi connectivity index (χ4n) is 6.80. The summed E-state index contributed by atoms with van der Waals surface area (Å²) in [6.45, 7) is 4.22. The minimum absolute atomic E-state index is 0.00419. The molecule has 15 nitrogen and oxygen atoms in total. The zero-order valence-electron chi connectivity index (χ0n) is 37.5. The van der Waals surface area contributed by atoms with Gasteiger partial charge >= 0.3 is 17.9 Å². The molecule has 0 bridgehead atoms. The average Bonchev–Trinajstić information content (AvgIpc) is 3.39. The molecule has 0 radical (unpaired) electrons. The molecule has 0 spiro atoms. The van der Waals surface area contributed by atoms with E-state index >= 15 is 0 Å². The van der Waals surface area contributed by atoms with E-state index in [9.17, 15) is 19.3 Å². The molecule has 1 atom stereocenters. The summed E-state index contributed by atoms with van der Waals surface area (Å²) in [4.78, 5) is 52.9. The van der Waals surface area contributed by atoms with Crippen molar-refractivity contribution in [1.82, 2.24) is 0 Å². The van der Waals surface area contributed by atoms with E-state index in [-0.39, 0.29) is 39.5 Å². The van der Waals surface area contributed by atoms with Crippen LogP contribution in [0.1, 0.15) is 31.4 Å². The van der Waals surface area contributed by atoms with Gasteiger partial charge in [0.15, 0.2) is 5.92 Å². The molecule has 68 heavy (non-hydrogen) atoms. The molecule has 15 heteroatoms. The van der Waals surface area contributed by atoms with Gasteiger partial charge in [0.25, 0.3) is 0 Å². The molecule has 0 saturated carbocycles. The van der Waals surface area contributed by atoms with Crippen molar-refractivity contribution in [3.05, 3.63) is 162 Å². The van der Waals surface area contributed by atoms with Gasteiger partial charge in [-0.05, 0) is 138 Å². The number of nitroso groups, excluding NO2 is 1. The van der Waals surface area contributed by atoms with Crippen molar-refractivity contribution in [3.8, 4) is 45.9 Å². The minimum atomic E-state index is -1.44. The highest BCUT2D eigenvalue weighted by molar-refractivity contribution is 5.95. The lowest BCUT2D eigenvalue weighted by atomic mass is 9.96. The largest absolute Gasteiger partial charge is 0.490 e. The van der Waals surface area contributed by atoms with Crippen molar-refractivity contribution in [2.45, 2.75) is 20.3 Å². The quantitative estimate of drug-likeness (QED) is 0.0147. The third-order valence-electron chi connectivity index (χ3n) is 10.6. The molecule has 0 aliphatic heterocycles. The molecule has 0 aliphatic rings. The lowest BCUT2D eigenvalue weighted by Crippen LogP contribution is -2.34. The van der Waals surface area contributed by atoms with Crippen molar-refractivity contribution >= 4 is 40.7 Å². The first-order valence-electron chi connectivity index (χ1n) is 21.8. The van der Waals surface area contributed by atoms with E-state index in [1.54, 1.807) is 79.7 Å². The zero-order chi connectivity index (χ0) is 48.1. The van der Waals surface area contributed by atoms with Crippen LogP contribution in [0.25, 0.3) is 22.3 Å². The molecule has 0 saturated heterocycles. The summed E-state index contributed by atoms with van der Waals surface area (Å²) in [5.41, 5.74) is 7.23. The highest BCUT2D eigenvalue weighted by atomic mass is 16.6. The van der Waals surface area contributed by atoms with Crippen LogP contribution in [0.3, 0.4) is 0 Å². The average molecular weight is 913 g/mol. The van der Waals surface area contributed by atoms with Gasteiger partial charge in [-0.25, -0.2) is 0 Å². The predicted octanol–water partition coefficient (Wildman–Crippen LogP) is 10.8. The van der Waals surface area contributed by atoms with Gasteiger partial charge in [-0.2, -0.15) is 20.8 Å². The fraction of sp³-hybridized carbons (Fsp3) is 0.226. The number of rotatable bonds is 23. The number of esters is 3. The molecule has 0 heterocycles. The van der Waals surface area contributed by atoms with Gasteiger partial charge in [-0.1, -0.05) is 55.5 Å². The first-order valence-corrected chi connectivity index (χ1v) is 21.8. The molecule has 1 unspecified atom stereocenters. The number of azo groups is 1. The number of hydrogen-bond acceptors (Lipinski definition) is 15. The number of likely N-dealkylation sites (N-methyl/N-ethyl adjacent to an activating group) is 1. The summed E-state index contributed by atoms with van der Waals surface area (Å²) in [5.74, 6) is -3.58. The first kappa shape index (κ1) is 48.8. The van der Waals surface area contributed by atoms with Gasteiger partial charge in [-0.3, -0.25) is 14.4 Å². The van der Waals surface area contributed by atoms with Crippen LogP contribution in [0, 0.1) is 39.4 Å². The molecular formula is C53H48N6O9. The Labute approximate surface area is 394 Å². The van der Waals surface area contributed by atoms with Crippen LogP contribution < -0.4 is 14.4 Å². The Morgan fingerprint density at radius 3 is 1.34 bits per heavy atom. The van der Waals surface area contributed by atoms with Crippen LogP contribution in [0.15, 0.2) is 161 Å². The number of carbonyl (C=O) groups excluding carboxylic acids is 3. The van der Waals surface area contributed by atoms with Crippen molar-refractivity contribution in [2.24, 2.45) is 27.2 Å². The highest BCUT2D eigenvalue weighted by Crippen LogP contribution is 2.27. The summed E-state index contributed by atoms with van der Waals surface area (Å²) < 4.78 is 28.2. The predicted molar refractivity (Wildman–Crippen MR) is 255 cm³/mol. The van der Waals surface area contributed by atoms with E-state index in [2.05, 4.69) is 27.5 Å². The second kappa shape index (κ2) is 25.1. The van der Waals surface area contributed by atoms with Crippen molar-refractivity contribution < 1.29 is 38.1 Å². The maximum Gasteiger partial charge on any atom is 0.320 e. The summed E-state index contributed by atoms with van der Waals surface area (Å²) in [5, 5.41) is 29.5. The van der Waals surface area contributed by atoms with Gasteiger partial charge in [0.1, 0.15) is 50.2 Å². The summed E-state index contributed by atoms with van der Waals surface area (Å²) in [7, 11) is 0. The topological polar surface area (TPSA) is 202 Å². The molecular weight excluding hydrogens is 865 g/mol. The van der Waals surface area contributed by atoms with E-state index in [1.807, 2.05) is 84.6 Å². The van der Waals surface area contributed by atoms with Gasteiger partial charge in [-0.15, -0.1) is 4.91 Å². The number of carbonyl (C=O) groups is 3. The van der Waals surface area contributed by atoms with Crippen LogP contribution in [0.5, 0.6) is 11.5 Å². The standard InChI is InChI=1S/C53H48N6O9/c1-3-59(47-22-20-45(21-23-47)57-56-44-16-18-46(58-63)19-17-44)28-29-66-51(60)37(2)34-50(52(61)67-32-30-64-48-24-12-42(13-25-48)40-8-4-38(35-54)5-9-40)53(62)68-33-31-65-49-26-14-43(15-27-49)41-10-6-39(36-55)7-11-41/h4-27,37,50H,3,28-34H2,1-2H3. The van der Waals surface area contributed by atoms with Gasteiger partial charge < -0.3 is 28.6 Å². The molecule has 0 fully saturated rings. The van der Waals surface area contributed by atoms with Crippen LogP contribution in [0.4, 0.5) is 22.7 Å². The smallest absolute Gasteiger partial charge is 0.320 e. The Balaban J connectivity index is 1.00. The van der Waals surface area contributed by atoms with E-state index < -0.39 is 29.7 Å². The van der Waals surface area contributed by atoms with Gasteiger partial charge in [0.2, 0.25) is 0 Å². The Bertz CT molecular complexity index is 2590. The summed E-state index contributed by atoms with van der Waals surface area (Å²) in [6.07, 6.45) is -0.225. The maximum absolute atomic E-state index is 13.5. The van der Waals surface area contributed by atoms with E-state index in [4.69, 9.17) is 34.2 Å². The van der Waals surface area contributed by atoms with E-state index in [1.165, 1.54) is 0 Å². The van der Waals surface area contributed by atoms with E-state index in [0.29, 0.717) is 52.8 Å². The van der Waals surface area contributed by atoms with E-state index in [0.717, 1.165) is 27.9 Å². The highest BCUT2D eigenvalue weighted by Gasteiger charge is 2.34. The molecule has 6 aromatic rings. The molecule has 344 valence electrons. The molecule has 0 aliphatic carbocycles. The monoisotopic (exact) mass is 912 g/mol. The maximum atomic E-state index is 13.5. The van der Waals surface area contributed by atoms with Crippen LogP contribution >= 0.6 is 0 Å². The molecule has 6 rings (SSSR count). The van der Waals surface area contributed by atoms with Gasteiger partial charge in [0.05, 0.1) is 47.1 Å². The normalized spacial score (nSPS) is 11.2. The molecule has 0 N–H and O–H groups in total. The Hall–Kier alpha value is -8.69. The second-order valence-electron chi connectivity index (χ2n) is 15.2. The Morgan fingerprint density at radius 2 is 0.926 bits per heavy atom. The number of nitriles is 2. The van der Waals surface area contributed by atoms with Crippen molar-refractivity contribution in [1.29, 1.82) is 10.5 Å². The SMILES string of the molecule is CCN(CCOC(=O)C(C)CC(C(=O)OCCOc1ccc(-c2ccc(C#N)cc2)cc1)C(=O)OCCOc1ccc(-c2ccc(C#N)cc2)cc1)c1ccc(N=Nc2ccc(N=O)cc2)cc1. The summed E-state index contributed by atoms with van der Waals surface area (Å²) in [6, 6.07) is 47.0. The number of benzene rings is 6. The van der Waals surface area contributed by atoms with Crippen molar-refractivity contribution in [2.75, 3.05) is 51.0 Å². The number of hydrogen-bond donors (Lipinski definition) is 0. The second-order valence-corrected chi connectivity index (χ2v) is 15.2. The lowest BCUT2D eigenvalue weighted by Gasteiger charge is -2.23. The third kappa shape index (κ3) is 14.4. The Morgan fingerprint density at radius 1 is 0.529 bits per heavy atom. The van der Waals surface area contributed by atoms with Crippen LogP contribution in [-0.4, -0.2) is 64.0 Å². The molecule has 0 aromatic heterocycles. The molecule has 6 aromatic carbocycles. The number of nitrogens with zero attached hydrogens (tertiary/aromatic N) is 6. The minimum Gasteiger partial charge on any atom is -0.490 e. The lowest BCUT2D eigenvalue weighted by molar-refractivity contribution is -0.164. The molecule has 0 amide bonds.